The van der Waals surface area contributed by atoms with Crippen LogP contribution in [0.25, 0.3) is 0 Å². The molecule has 0 aromatic heterocycles. The van der Waals surface area contributed by atoms with E-state index in [0.717, 1.165) is 11.5 Å². The van der Waals surface area contributed by atoms with Crippen LogP contribution in [0.3, 0.4) is 0 Å². The molecule has 1 aliphatic rings. The van der Waals surface area contributed by atoms with Gasteiger partial charge in [0.2, 0.25) is 0 Å². The Hall–Kier alpha value is -0.990. The number of carbonyl (C=O) groups is 1. The molecule has 0 bridgehead atoms. The van der Waals surface area contributed by atoms with Gasteiger partial charge in [-0.25, -0.2) is 0 Å². The van der Waals surface area contributed by atoms with E-state index in [-0.39, 0.29) is 12.5 Å². The largest absolute Gasteiger partial charge is 0.486 e. The minimum Gasteiger partial charge on any atom is -0.486 e. The molecule has 0 saturated carbocycles. The number of likely N-dealkylation sites (N-methyl/N-ethyl adjacent to an activating group) is 1. The first-order valence-corrected chi connectivity index (χ1v) is 4.14. The zero-order chi connectivity index (χ0) is 9.30. The summed E-state index contributed by atoms with van der Waals surface area (Å²) in [4.78, 5) is 12.8. The number of allylic oxidation sites excluding steroid dienone is 2. The quantitative estimate of drug-likeness (QED) is 0.593. The van der Waals surface area contributed by atoms with E-state index >= 15 is 0 Å². The monoisotopic (exact) mass is 169 g/mol. The zero-order valence-electron chi connectivity index (χ0n) is 8.05. The molecule has 0 saturated heterocycles. The number of amides is 1. The Bertz CT molecular complexity index is 231. The van der Waals surface area contributed by atoms with Crippen LogP contribution in [0.5, 0.6) is 0 Å². The average molecular weight is 169 g/mol. The summed E-state index contributed by atoms with van der Waals surface area (Å²) in [6, 6.07) is 0. The molecule has 1 heterocycles. The van der Waals surface area contributed by atoms with Gasteiger partial charge in [0.05, 0.1) is 5.70 Å². The number of hydrogen-bond acceptors (Lipinski definition) is 2. The Labute approximate surface area is 73.0 Å². The van der Waals surface area contributed by atoms with Crippen LogP contribution in [0.15, 0.2) is 11.5 Å². The molecule has 1 rings (SSSR count). The summed E-state index contributed by atoms with van der Waals surface area (Å²) in [5.41, 5.74) is 0.932. The number of carbonyl (C=O) groups excluding carboxylic acids is 1. The van der Waals surface area contributed by atoms with E-state index in [1.807, 2.05) is 6.92 Å². The van der Waals surface area contributed by atoms with Gasteiger partial charge in [0.25, 0.3) is 5.91 Å². The maximum absolute atomic E-state index is 11.1. The summed E-state index contributed by atoms with van der Waals surface area (Å²) in [5, 5.41) is 0. The van der Waals surface area contributed by atoms with Gasteiger partial charge in [0.1, 0.15) is 5.76 Å². The van der Waals surface area contributed by atoms with Gasteiger partial charge in [-0.2, -0.15) is 0 Å². The van der Waals surface area contributed by atoms with Crippen LogP contribution in [0.4, 0.5) is 0 Å². The van der Waals surface area contributed by atoms with Gasteiger partial charge in [-0.05, 0) is 6.92 Å². The van der Waals surface area contributed by atoms with Crippen molar-refractivity contribution in [2.75, 3.05) is 13.7 Å². The third-order valence-electron chi connectivity index (χ3n) is 2.11. The molecule has 12 heavy (non-hydrogen) atoms. The molecule has 0 N–H and O–H groups in total. The fourth-order valence-electron chi connectivity index (χ4n) is 1.28. The van der Waals surface area contributed by atoms with Crippen molar-refractivity contribution in [3.63, 3.8) is 0 Å². The molecule has 0 aromatic rings. The summed E-state index contributed by atoms with van der Waals surface area (Å²) in [6.45, 7) is 6.21. The summed E-state index contributed by atoms with van der Waals surface area (Å²) in [7, 11) is 1.78. The molecule has 0 spiro atoms. The highest BCUT2D eigenvalue weighted by molar-refractivity contribution is 5.80. The van der Waals surface area contributed by atoms with E-state index in [9.17, 15) is 4.79 Å². The fourth-order valence-corrected chi connectivity index (χ4v) is 1.28. The van der Waals surface area contributed by atoms with Crippen molar-refractivity contribution in [1.82, 2.24) is 4.90 Å². The normalized spacial score (nSPS) is 18.8. The van der Waals surface area contributed by atoms with E-state index in [4.69, 9.17) is 4.74 Å². The van der Waals surface area contributed by atoms with Crippen LogP contribution in [-0.4, -0.2) is 24.5 Å². The molecule has 1 amide bonds. The Kier molecular flexibility index (Phi) is 2.40. The standard InChI is InChI=1S/C9H15NO2/c1-6(2)9-7(3)10(4)8(11)5-12-9/h6H,5H2,1-4H3. The highest BCUT2D eigenvalue weighted by Gasteiger charge is 2.23. The lowest BCUT2D eigenvalue weighted by atomic mass is 10.1. The fraction of sp³-hybridized carbons (Fsp3) is 0.667. The molecule has 0 atom stereocenters. The van der Waals surface area contributed by atoms with Crippen molar-refractivity contribution in [2.45, 2.75) is 20.8 Å². The average Bonchev–Trinajstić information content (AvgIpc) is 2.00. The van der Waals surface area contributed by atoms with Gasteiger partial charge in [-0.15, -0.1) is 0 Å². The molecular weight excluding hydrogens is 154 g/mol. The second-order valence-corrected chi connectivity index (χ2v) is 3.35. The van der Waals surface area contributed by atoms with Crippen LogP contribution < -0.4 is 0 Å². The molecule has 3 nitrogen and oxygen atoms in total. The Balaban J connectivity index is 2.93. The van der Waals surface area contributed by atoms with Crippen molar-refractivity contribution < 1.29 is 9.53 Å². The molecule has 3 heteroatoms. The first-order chi connectivity index (χ1) is 5.54. The van der Waals surface area contributed by atoms with Crippen LogP contribution >= 0.6 is 0 Å². The van der Waals surface area contributed by atoms with Gasteiger partial charge in [0.15, 0.2) is 6.61 Å². The SMILES string of the molecule is CC1=C(C(C)C)OCC(=O)N1C. The lowest BCUT2D eigenvalue weighted by Crippen LogP contribution is -2.35. The van der Waals surface area contributed by atoms with Crippen molar-refractivity contribution in [3.8, 4) is 0 Å². The third kappa shape index (κ3) is 1.44. The maximum Gasteiger partial charge on any atom is 0.264 e. The zero-order valence-corrected chi connectivity index (χ0v) is 8.05. The Morgan fingerprint density at radius 1 is 1.50 bits per heavy atom. The number of ether oxygens (including phenoxy) is 1. The Morgan fingerprint density at radius 2 is 2.08 bits per heavy atom. The summed E-state index contributed by atoms with van der Waals surface area (Å²) < 4.78 is 5.32. The van der Waals surface area contributed by atoms with Crippen LogP contribution in [0, 0.1) is 5.92 Å². The predicted molar refractivity (Wildman–Crippen MR) is 46.3 cm³/mol. The van der Waals surface area contributed by atoms with Gasteiger partial charge in [-0.3, -0.25) is 4.79 Å². The lowest BCUT2D eigenvalue weighted by Gasteiger charge is -2.28. The van der Waals surface area contributed by atoms with E-state index < -0.39 is 0 Å². The second-order valence-electron chi connectivity index (χ2n) is 3.35. The van der Waals surface area contributed by atoms with Crippen LogP contribution in [0.2, 0.25) is 0 Å². The molecule has 0 radical (unpaired) electrons. The minimum atomic E-state index is 0.0249. The first-order valence-electron chi connectivity index (χ1n) is 4.14. The topological polar surface area (TPSA) is 29.5 Å². The van der Waals surface area contributed by atoms with Crippen LogP contribution in [-0.2, 0) is 9.53 Å². The van der Waals surface area contributed by atoms with Crippen molar-refractivity contribution in [1.29, 1.82) is 0 Å². The molecular formula is C9H15NO2. The van der Waals surface area contributed by atoms with E-state index in [0.29, 0.717) is 5.92 Å². The summed E-state index contributed by atoms with van der Waals surface area (Å²) in [6.07, 6.45) is 0. The van der Waals surface area contributed by atoms with Crippen LogP contribution in [0.1, 0.15) is 20.8 Å². The second kappa shape index (κ2) is 3.17. The summed E-state index contributed by atoms with van der Waals surface area (Å²) >= 11 is 0. The van der Waals surface area contributed by atoms with E-state index in [2.05, 4.69) is 13.8 Å². The minimum absolute atomic E-state index is 0.0249. The van der Waals surface area contributed by atoms with E-state index in [1.54, 1.807) is 11.9 Å². The van der Waals surface area contributed by atoms with Crippen molar-refractivity contribution >= 4 is 5.91 Å². The molecule has 0 unspecified atom stereocenters. The first kappa shape index (κ1) is 9.10. The van der Waals surface area contributed by atoms with Gasteiger partial charge >= 0.3 is 0 Å². The third-order valence-corrected chi connectivity index (χ3v) is 2.11. The highest BCUT2D eigenvalue weighted by atomic mass is 16.5. The predicted octanol–water partition coefficient (Wildman–Crippen LogP) is 1.36. The molecule has 68 valence electrons. The van der Waals surface area contributed by atoms with Gasteiger partial charge < -0.3 is 9.64 Å². The number of rotatable bonds is 1. The smallest absolute Gasteiger partial charge is 0.264 e. The van der Waals surface area contributed by atoms with Crippen molar-refractivity contribution in [2.24, 2.45) is 5.92 Å². The van der Waals surface area contributed by atoms with E-state index in [1.165, 1.54) is 0 Å². The number of hydrogen-bond donors (Lipinski definition) is 0. The van der Waals surface area contributed by atoms with Gasteiger partial charge in [0, 0.05) is 13.0 Å². The molecule has 0 aliphatic carbocycles. The lowest BCUT2D eigenvalue weighted by molar-refractivity contribution is -0.134. The molecule has 0 fully saturated rings. The Morgan fingerprint density at radius 3 is 2.58 bits per heavy atom. The van der Waals surface area contributed by atoms with Gasteiger partial charge in [-0.1, -0.05) is 13.8 Å². The molecule has 0 aromatic carbocycles. The number of nitrogens with zero attached hydrogens (tertiary/aromatic N) is 1. The van der Waals surface area contributed by atoms with Crippen molar-refractivity contribution in [3.05, 3.63) is 11.5 Å². The molecule has 1 aliphatic heterocycles. The highest BCUT2D eigenvalue weighted by Crippen LogP contribution is 2.22. The maximum atomic E-state index is 11.1. The summed E-state index contributed by atoms with van der Waals surface area (Å²) in [5.74, 6) is 1.30.